The fraction of sp³-hybridized carbons (Fsp3) is 0.385. The number of carbonyl (C=O) groups is 1. The maximum Gasteiger partial charge on any atom is 0.337 e. The summed E-state index contributed by atoms with van der Waals surface area (Å²) in [5, 5.41) is 18.3. The van der Waals surface area contributed by atoms with Gasteiger partial charge in [0.15, 0.2) is 0 Å². The molecule has 1 aromatic carbocycles. The molecule has 6 heteroatoms. The fourth-order valence-corrected chi connectivity index (χ4v) is 1.85. The Labute approximate surface area is 117 Å². The van der Waals surface area contributed by atoms with Gasteiger partial charge in [0.25, 0.3) is 0 Å². The maximum absolute atomic E-state index is 11.2. The Kier molecular flexibility index (Phi) is 6.13. The van der Waals surface area contributed by atoms with E-state index >= 15 is 0 Å². The molecule has 0 amide bonds. The van der Waals surface area contributed by atoms with Gasteiger partial charge >= 0.3 is 5.97 Å². The summed E-state index contributed by atoms with van der Waals surface area (Å²) in [4.78, 5) is 13.0. The van der Waals surface area contributed by atoms with Crippen LogP contribution in [0.25, 0.3) is 0 Å². The molecule has 0 radical (unpaired) electrons. The monoisotopic (exact) mass is 282 g/mol. The van der Waals surface area contributed by atoms with Gasteiger partial charge in [0.2, 0.25) is 0 Å². The van der Waals surface area contributed by atoms with Crippen LogP contribution < -0.4 is 4.90 Å². The Bertz CT molecular complexity index is 485. The molecule has 0 saturated carbocycles. The van der Waals surface area contributed by atoms with Crippen molar-refractivity contribution in [3.63, 3.8) is 0 Å². The van der Waals surface area contributed by atoms with Crippen molar-refractivity contribution < 1.29 is 14.6 Å². The van der Waals surface area contributed by atoms with Crippen molar-refractivity contribution >= 4 is 23.3 Å². The lowest BCUT2D eigenvalue weighted by molar-refractivity contribution is 0.0697. The minimum Gasteiger partial charge on any atom is -0.478 e. The fourth-order valence-electron chi connectivity index (χ4n) is 1.69. The maximum atomic E-state index is 11.2. The van der Waals surface area contributed by atoms with Crippen LogP contribution in [0.3, 0.4) is 0 Å². The molecule has 1 N–H and O–H groups in total. The number of hydrogen-bond acceptors (Lipinski definition) is 4. The van der Waals surface area contributed by atoms with E-state index in [1.807, 2.05) is 6.07 Å². The number of nitrogens with zero attached hydrogens (tertiary/aromatic N) is 2. The normalized spacial score (nSPS) is 9.95. The summed E-state index contributed by atoms with van der Waals surface area (Å²) in [6.07, 6.45) is 0.301. The van der Waals surface area contributed by atoms with E-state index in [2.05, 4.69) is 0 Å². The number of carboxylic acid groups (broad SMARTS) is 1. The lowest BCUT2D eigenvalue weighted by Crippen LogP contribution is -2.29. The Morgan fingerprint density at radius 3 is 2.84 bits per heavy atom. The molecular weight excluding hydrogens is 268 g/mol. The molecule has 0 aliphatic rings. The largest absolute Gasteiger partial charge is 0.478 e. The topological polar surface area (TPSA) is 73.6 Å². The summed E-state index contributed by atoms with van der Waals surface area (Å²) < 4.78 is 5.00. The van der Waals surface area contributed by atoms with Crippen LogP contribution in [-0.4, -0.2) is 37.9 Å². The predicted octanol–water partition coefficient (Wildman–Crippen LogP) is 2.40. The smallest absolute Gasteiger partial charge is 0.337 e. The molecule has 0 spiro atoms. The zero-order valence-corrected chi connectivity index (χ0v) is 11.4. The van der Waals surface area contributed by atoms with Crippen LogP contribution in [0, 0.1) is 11.3 Å². The van der Waals surface area contributed by atoms with Gasteiger partial charge in [-0.05, 0) is 18.2 Å². The van der Waals surface area contributed by atoms with Gasteiger partial charge < -0.3 is 14.7 Å². The van der Waals surface area contributed by atoms with E-state index in [1.54, 1.807) is 18.1 Å². The van der Waals surface area contributed by atoms with Gasteiger partial charge in [-0.3, -0.25) is 0 Å². The van der Waals surface area contributed by atoms with E-state index in [0.717, 1.165) is 0 Å². The Balaban J connectivity index is 3.08. The van der Waals surface area contributed by atoms with Crippen molar-refractivity contribution in [1.82, 2.24) is 0 Å². The third-order valence-electron chi connectivity index (χ3n) is 2.59. The molecule has 5 nitrogen and oxygen atoms in total. The molecule has 0 aliphatic carbocycles. The lowest BCUT2D eigenvalue weighted by atomic mass is 10.1. The highest BCUT2D eigenvalue weighted by atomic mass is 35.5. The summed E-state index contributed by atoms with van der Waals surface area (Å²) in [5.74, 6) is -1.02. The number of halogens is 1. The highest BCUT2D eigenvalue weighted by Crippen LogP contribution is 2.25. The number of methoxy groups -OCH3 is 1. The van der Waals surface area contributed by atoms with Crippen LogP contribution in [-0.2, 0) is 4.74 Å². The van der Waals surface area contributed by atoms with Gasteiger partial charge in [0.1, 0.15) is 0 Å². The van der Waals surface area contributed by atoms with Gasteiger partial charge in [-0.2, -0.15) is 5.26 Å². The highest BCUT2D eigenvalue weighted by Gasteiger charge is 2.16. The third kappa shape index (κ3) is 4.43. The van der Waals surface area contributed by atoms with E-state index in [4.69, 9.17) is 21.6 Å². The van der Waals surface area contributed by atoms with Crippen LogP contribution >= 0.6 is 11.6 Å². The van der Waals surface area contributed by atoms with Crippen LogP contribution in [0.15, 0.2) is 18.2 Å². The number of rotatable bonds is 7. The van der Waals surface area contributed by atoms with Crippen molar-refractivity contribution in [1.29, 1.82) is 5.26 Å². The molecule has 0 fully saturated rings. The van der Waals surface area contributed by atoms with Crippen molar-refractivity contribution in [3.8, 4) is 6.07 Å². The average molecular weight is 283 g/mol. The van der Waals surface area contributed by atoms with Gasteiger partial charge in [-0.25, -0.2) is 4.79 Å². The van der Waals surface area contributed by atoms with E-state index in [9.17, 15) is 9.90 Å². The molecule has 19 heavy (non-hydrogen) atoms. The standard InChI is InChI=1S/C13H15ClN2O3/c1-19-8-7-16(6-2-5-15)12-9-10(14)3-4-11(12)13(17)18/h3-4,9H,2,6-8H2,1H3,(H,17,18). The van der Waals surface area contributed by atoms with Crippen molar-refractivity contribution in [2.24, 2.45) is 0 Å². The minimum atomic E-state index is -1.02. The van der Waals surface area contributed by atoms with Gasteiger partial charge in [-0.1, -0.05) is 11.6 Å². The third-order valence-corrected chi connectivity index (χ3v) is 2.82. The molecule has 1 aromatic rings. The second-order valence-electron chi connectivity index (χ2n) is 3.85. The zero-order valence-electron chi connectivity index (χ0n) is 10.6. The van der Waals surface area contributed by atoms with E-state index in [0.29, 0.717) is 36.8 Å². The molecule has 1 rings (SSSR count). The second-order valence-corrected chi connectivity index (χ2v) is 4.29. The number of nitriles is 1. The molecular formula is C13H15ClN2O3. The van der Waals surface area contributed by atoms with E-state index in [1.165, 1.54) is 12.1 Å². The zero-order chi connectivity index (χ0) is 14.3. The summed E-state index contributed by atoms with van der Waals surface area (Å²) >= 11 is 5.92. The first kappa shape index (κ1) is 15.3. The molecule has 0 bridgehead atoms. The lowest BCUT2D eigenvalue weighted by Gasteiger charge is -2.25. The van der Waals surface area contributed by atoms with Crippen LogP contribution in [0.5, 0.6) is 0 Å². The molecule has 0 heterocycles. The van der Waals surface area contributed by atoms with E-state index in [-0.39, 0.29) is 5.56 Å². The molecule has 102 valence electrons. The predicted molar refractivity (Wildman–Crippen MR) is 72.7 cm³/mol. The summed E-state index contributed by atoms with van der Waals surface area (Å²) in [6.45, 7) is 1.37. The Morgan fingerprint density at radius 1 is 1.53 bits per heavy atom. The number of benzene rings is 1. The van der Waals surface area contributed by atoms with Crippen molar-refractivity contribution in [2.75, 3.05) is 31.7 Å². The number of hydrogen-bond donors (Lipinski definition) is 1. The first-order chi connectivity index (χ1) is 9.10. The van der Waals surface area contributed by atoms with Gasteiger partial charge in [0, 0.05) is 25.2 Å². The van der Waals surface area contributed by atoms with Crippen LogP contribution in [0.4, 0.5) is 5.69 Å². The minimum absolute atomic E-state index is 0.165. The molecule has 0 aliphatic heterocycles. The molecule has 0 atom stereocenters. The summed E-state index contributed by atoms with van der Waals surface area (Å²) in [5.41, 5.74) is 0.672. The number of aromatic carboxylic acids is 1. The molecule has 0 saturated heterocycles. The number of ether oxygens (including phenoxy) is 1. The van der Waals surface area contributed by atoms with Crippen molar-refractivity contribution in [3.05, 3.63) is 28.8 Å². The summed E-state index contributed by atoms with van der Waals surface area (Å²) in [7, 11) is 1.57. The summed E-state index contributed by atoms with van der Waals surface area (Å²) in [6, 6.07) is 6.64. The van der Waals surface area contributed by atoms with Crippen LogP contribution in [0.2, 0.25) is 5.02 Å². The SMILES string of the molecule is COCCN(CCC#N)c1cc(Cl)ccc1C(=O)O. The van der Waals surface area contributed by atoms with Crippen molar-refractivity contribution in [2.45, 2.75) is 6.42 Å². The van der Waals surface area contributed by atoms with E-state index < -0.39 is 5.97 Å². The van der Waals surface area contributed by atoms with Crippen LogP contribution in [0.1, 0.15) is 16.8 Å². The first-order valence-electron chi connectivity index (χ1n) is 5.73. The number of anilines is 1. The second kappa shape index (κ2) is 7.62. The Hall–Kier alpha value is -1.77. The molecule has 0 unspecified atom stereocenters. The quantitative estimate of drug-likeness (QED) is 0.831. The Morgan fingerprint density at radius 2 is 2.26 bits per heavy atom. The number of carboxylic acids is 1. The average Bonchev–Trinajstić information content (AvgIpc) is 2.38. The molecule has 0 aromatic heterocycles. The van der Waals surface area contributed by atoms with Gasteiger partial charge in [-0.15, -0.1) is 0 Å². The first-order valence-corrected chi connectivity index (χ1v) is 6.11. The van der Waals surface area contributed by atoms with Gasteiger partial charge in [0.05, 0.1) is 30.3 Å². The highest BCUT2D eigenvalue weighted by molar-refractivity contribution is 6.31.